The number of rotatable bonds is 6. The Hall–Kier alpha value is -1.10. The Balaban J connectivity index is 2.30. The Morgan fingerprint density at radius 2 is 2.25 bits per heavy atom. The van der Waals surface area contributed by atoms with Gasteiger partial charge in [0, 0.05) is 0 Å². The maximum absolute atomic E-state index is 11.4. The van der Waals surface area contributed by atoms with Crippen molar-refractivity contribution in [3.8, 4) is 0 Å². The van der Waals surface area contributed by atoms with Crippen molar-refractivity contribution in [1.82, 2.24) is 4.90 Å². The Morgan fingerprint density at radius 3 is 2.88 bits per heavy atom. The molecule has 1 rings (SSSR count). The molecule has 0 saturated carbocycles. The van der Waals surface area contributed by atoms with Crippen LogP contribution in [0.1, 0.15) is 32.6 Å². The minimum absolute atomic E-state index is 0.178. The lowest BCUT2D eigenvalue weighted by atomic mass is 10.2. The fourth-order valence-corrected chi connectivity index (χ4v) is 1.88. The fourth-order valence-electron chi connectivity index (χ4n) is 1.88. The largest absolute Gasteiger partial charge is 0.465 e. The number of amides is 1. The normalized spacial score (nSPS) is 20.9. The van der Waals surface area contributed by atoms with Crippen molar-refractivity contribution in [3.05, 3.63) is 0 Å². The molecule has 1 atom stereocenters. The highest BCUT2D eigenvalue weighted by Crippen LogP contribution is 2.16. The summed E-state index contributed by atoms with van der Waals surface area (Å²) in [5, 5.41) is 0. The van der Waals surface area contributed by atoms with Crippen LogP contribution in [0, 0.1) is 0 Å². The van der Waals surface area contributed by atoms with E-state index in [-0.39, 0.29) is 24.5 Å². The van der Waals surface area contributed by atoms with Crippen molar-refractivity contribution in [3.63, 3.8) is 0 Å². The summed E-state index contributed by atoms with van der Waals surface area (Å²) >= 11 is 0. The molecule has 16 heavy (non-hydrogen) atoms. The van der Waals surface area contributed by atoms with Crippen molar-refractivity contribution in [2.75, 3.05) is 19.7 Å². The minimum atomic E-state index is -0.348. The van der Waals surface area contributed by atoms with Crippen LogP contribution in [0.5, 0.6) is 0 Å². The number of carbonyl (C=O) groups is 2. The molecular formula is C11H20N2O3. The molecule has 2 N–H and O–H groups in total. The number of primary amides is 1. The molecule has 0 radical (unpaired) electrons. The second-order valence-corrected chi connectivity index (χ2v) is 4.10. The molecule has 1 heterocycles. The molecule has 0 aromatic heterocycles. The maximum atomic E-state index is 11.4. The molecule has 0 aliphatic carbocycles. The van der Waals surface area contributed by atoms with Gasteiger partial charge in [0.15, 0.2) is 0 Å². The Morgan fingerprint density at radius 1 is 1.50 bits per heavy atom. The lowest BCUT2D eigenvalue weighted by molar-refractivity contribution is -0.145. The van der Waals surface area contributed by atoms with Gasteiger partial charge in [-0.1, -0.05) is 13.3 Å². The zero-order valence-electron chi connectivity index (χ0n) is 9.78. The quantitative estimate of drug-likeness (QED) is 0.523. The van der Waals surface area contributed by atoms with Gasteiger partial charge in [-0.25, -0.2) is 0 Å². The second kappa shape index (κ2) is 6.48. The smallest absolute Gasteiger partial charge is 0.320 e. The number of nitrogens with two attached hydrogens (primary N) is 1. The van der Waals surface area contributed by atoms with Crippen molar-refractivity contribution < 1.29 is 14.3 Å². The van der Waals surface area contributed by atoms with Crippen LogP contribution in [-0.4, -0.2) is 42.5 Å². The molecule has 0 aromatic rings. The molecule has 1 aliphatic rings. The number of ether oxygens (including phenoxy) is 1. The highest BCUT2D eigenvalue weighted by molar-refractivity contribution is 5.81. The monoisotopic (exact) mass is 228 g/mol. The number of unbranched alkanes of at least 4 members (excludes halogenated alkanes) is 1. The molecule has 1 aliphatic heterocycles. The molecule has 0 spiro atoms. The van der Waals surface area contributed by atoms with E-state index in [1.54, 1.807) is 4.90 Å². The zero-order chi connectivity index (χ0) is 12.0. The van der Waals surface area contributed by atoms with E-state index in [0.29, 0.717) is 6.61 Å². The number of carbonyl (C=O) groups excluding carboxylic acids is 2. The van der Waals surface area contributed by atoms with Gasteiger partial charge in [0.2, 0.25) is 5.91 Å². The Kier molecular flexibility index (Phi) is 5.25. The summed E-state index contributed by atoms with van der Waals surface area (Å²) in [4.78, 5) is 24.3. The van der Waals surface area contributed by atoms with Crippen LogP contribution in [0.3, 0.4) is 0 Å². The number of nitrogens with zero attached hydrogens (tertiary/aromatic N) is 1. The summed E-state index contributed by atoms with van der Waals surface area (Å²) in [6.45, 7) is 3.43. The van der Waals surface area contributed by atoms with E-state index < -0.39 is 0 Å². The average molecular weight is 228 g/mol. The Labute approximate surface area is 95.9 Å². The van der Waals surface area contributed by atoms with Crippen molar-refractivity contribution in [2.24, 2.45) is 5.73 Å². The lowest BCUT2D eigenvalue weighted by Gasteiger charge is -2.20. The van der Waals surface area contributed by atoms with E-state index in [1.807, 2.05) is 6.92 Å². The topological polar surface area (TPSA) is 72.6 Å². The molecule has 0 aromatic carbocycles. The summed E-state index contributed by atoms with van der Waals surface area (Å²) in [7, 11) is 0. The van der Waals surface area contributed by atoms with Gasteiger partial charge in [0.05, 0.1) is 19.2 Å². The van der Waals surface area contributed by atoms with Gasteiger partial charge in [-0.15, -0.1) is 0 Å². The van der Waals surface area contributed by atoms with Crippen LogP contribution in [0.2, 0.25) is 0 Å². The molecule has 5 heteroatoms. The van der Waals surface area contributed by atoms with Crippen LogP contribution in [0.25, 0.3) is 0 Å². The SMILES string of the molecule is CCCCOC(=O)CN1CCCC1C(N)=O. The summed E-state index contributed by atoms with van der Waals surface area (Å²) in [6, 6.07) is -0.293. The first-order chi connectivity index (χ1) is 7.65. The van der Waals surface area contributed by atoms with Crippen LogP contribution < -0.4 is 5.73 Å². The van der Waals surface area contributed by atoms with Crippen LogP contribution in [0.4, 0.5) is 0 Å². The van der Waals surface area contributed by atoms with Gasteiger partial charge in [-0.3, -0.25) is 14.5 Å². The summed E-state index contributed by atoms with van der Waals surface area (Å²) < 4.78 is 5.04. The average Bonchev–Trinajstić information content (AvgIpc) is 2.66. The first-order valence-corrected chi connectivity index (χ1v) is 5.84. The van der Waals surface area contributed by atoms with Crippen LogP contribution in [0.15, 0.2) is 0 Å². The van der Waals surface area contributed by atoms with Crippen molar-refractivity contribution in [2.45, 2.75) is 38.6 Å². The van der Waals surface area contributed by atoms with Crippen LogP contribution in [-0.2, 0) is 14.3 Å². The number of esters is 1. The molecule has 1 amide bonds. The third-order valence-electron chi connectivity index (χ3n) is 2.79. The van der Waals surface area contributed by atoms with Gasteiger partial charge in [-0.2, -0.15) is 0 Å². The molecule has 1 unspecified atom stereocenters. The van der Waals surface area contributed by atoms with Gasteiger partial charge in [-0.05, 0) is 25.8 Å². The standard InChI is InChI=1S/C11H20N2O3/c1-2-3-7-16-10(14)8-13-6-4-5-9(13)11(12)15/h9H,2-8H2,1H3,(H2,12,15). The predicted octanol–water partition coefficient (Wildman–Crippen LogP) is 0.279. The number of hydrogen-bond donors (Lipinski definition) is 1. The molecule has 5 nitrogen and oxygen atoms in total. The third-order valence-corrected chi connectivity index (χ3v) is 2.79. The van der Waals surface area contributed by atoms with E-state index >= 15 is 0 Å². The van der Waals surface area contributed by atoms with Crippen molar-refractivity contribution >= 4 is 11.9 Å². The molecule has 0 bridgehead atoms. The number of likely N-dealkylation sites (tertiary alicyclic amines) is 1. The Bertz CT molecular complexity index is 256. The van der Waals surface area contributed by atoms with E-state index in [9.17, 15) is 9.59 Å². The third kappa shape index (κ3) is 3.81. The molecular weight excluding hydrogens is 208 g/mol. The molecule has 92 valence electrons. The summed E-state index contributed by atoms with van der Waals surface area (Å²) in [5.74, 6) is -0.611. The molecule has 1 fully saturated rings. The highest BCUT2D eigenvalue weighted by Gasteiger charge is 2.30. The van der Waals surface area contributed by atoms with Crippen LogP contribution >= 0.6 is 0 Å². The first kappa shape index (κ1) is 13.0. The van der Waals surface area contributed by atoms with Gasteiger partial charge < -0.3 is 10.5 Å². The fraction of sp³-hybridized carbons (Fsp3) is 0.818. The number of hydrogen-bond acceptors (Lipinski definition) is 4. The van der Waals surface area contributed by atoms with Gasteiger partial charge in [0.25, 0.3) is 0 Å². The van der Waals surface area contributed by atoms with Gasteiger partial charge in [0.1, 0.15) is 0 Å². The van der Waals surface area contributed by atoms with E-state index in [2.05, 4.69) is 0 Å². The highest BCUT2D eigenvalue weighted by atomic mass is 16.5. The predicted molar refractivity (Wildman–Crippen MR) is 59.7 cm³/mol. The van der Waals surface area contributed by atoms with E-state index in [0.717, 1.165) is 32.2 Å². The summed E-state index contributed by atoms with van der Waals surface area (Å²) in [6.07, 6.45) is 3.54. The van der Waals surface area contributed by atoms with E-state index in [1.165, 1.54) is 0 Å². The minimum Gasteiger partial charge on any atom is -0.465 e. The summed E-state index contributed by atoms with van der Waals surface area (Å²) in [5.41, 5.74) is 5.25. The molecule has 1 saturated heterocycles. The van der Waals surface area contributed by atoms with E-state index in [4.69, 9.17) is 10.5 Å². The van der Waals surface area contributed by atoms with Gasteiger partial charge >= 0.3 is 5.97 Å². The van der Waals surface area contributed by atoms with Crippen molar-refractivity contribution in [1.29, 1.82) is 0 Å². The maximum Gasteiger partial charge on any atom is 0.320 e. The zero-order valence-corrected chi connectivity index (χ0v) is 9.78. The lowest BCUT2D eigenvalue weighted by Crippen LogP contribution is -2.43. The first-order valence-electron chi connectivity index (χ1n) is 5.84. The second-order valence-electron chi connectivity index (χ2n) is 4.10.